The molecule has 0 heterocycles. The maximum absolute atomic E-state index is 12.9. The Kier molecular flexibility index (Phi) is 4.58. The second-order valence-electron chi connectivity index (χ2n) is 4.51. The molecular formula is C17H14F3N. The van der Waals surface area contributed by atoms with Gasteiger partial charge in [-0.15, -0.1) is 0 Å². The summed E-state index contributed by atoms with van der Waals surface area (Å²) in [6, 6.07) is 14.8. The van der Waals surface area contributed by atoms with E-state index >= 15 is 0 Å². The van der Waals surface area contributed by atoms with E-state index in [-0.39, 0.29) is 5.69 Å². The molecule has 0 atom stereocenters. The van der Waals surface area contributed by atoms with Crippen LogP contribution in [0.25, 0.3) is 6.08 Å². The van der Waals surface area contributed by atoms with Crippen molar-refractivity contribution in [1.29, 1.82) is 0 Å². The Labute approximate surface area is 121 Å². The number of hydrogen-bond donors (Lipinski definition) is 0. The van der Waals surface area contributed by atoms with E-state index in [0.29, 0.717) is 5.71 Å². The molecule has 2 aromatic carbocycles. The van der Waals surface area contributed by atoms with Crippen LogP contribution in [-0.2, 0) is 6.18 Å². The molecule has 0 unspecified atom stereocenters. The molecule has 1 nitrogen and oxygen atoms in total. The maximum atomic E-state index is 12.9. The third-order valence-electron chi connectivity index (χ3n) is 2.82. The number of para-hydroxylation sites is 1. The Balaban J connectivity index is 2.26. The van der Waals surface area contributed by atoms with Crippen LogP contribution in [0.2, 0.25) is 0 Å². The van der Waals surface area contributed by atoms with Gasteiger partial charge in [0.15, 0.2) is 0 Å². The lowest BCUT2D eigenvalue weighted by molar-refractivity contribution is -0.137. The van der Waals surface area contributed by atoms with Crippen molar-refractivity contribution in [3.8, 4) is 0 Å². The van der Waals surface area contributed by atoms with E-state index in [1.54, 1.807) is 19.1 Å². The standard InChI is InChI=1S/C17H14F3N/c1-13(11-12-14-7-3-2-4-8-14)21-16-10-6-5-9-15(16)17(18,19)20/h2-12H,1H3/b12-11+,21-13?. The van der Waals surface area contributed by atoms with Crippen LogP contribution in [0.1, 0.15) is 18.1 Å². The maximum Gasteiger partial charge on any atom is 0.418 e. The summed E-state index contributed by atoms with van der Waals surface area (Å²) in [6.45, 7) is 1.67. The molecule has 0 N–H and O–H groups in total. The first-order valence-corrected chi connectivity index (χ1v) is 6.41. The highest BCUT2D eigenvalue weighted by Gasteiger charge is 2.33. The molecule has 0 aliphatic heterocycles. The minimum atomic E-state index is -4.40. The minimum absolute atomic E-state index is 0.0692. The highest BCUT2D eigenvalue weighted by atomic mass is 19.4. The highest BCUT2D eigenvalue weighted by Crippen LogP contribution is 2.36. The second-order valence-corrected chi connectivity index (χ2v) is 4.51. The molecule has 0 saturated carbocycles. The molecule has 0 saturated heterocycles. The van der Waals surface area contributed by atoms with E-state index in [4.69, 9.17) is 0 Å². The predicted molar refractivity (Wildman–Crippen MR) is 79.7 cm³/mol. The third kappa shape index (κ3) is 4.31. The number of hydrogen-bond acceptors (Lipinski definition) is 1. The van der Waals surface area contributed by atoms with Gasteiger partial charge in [0.25, 0.3) is 0 Å². The number of nitrogens with zero attached hydrogens (tertiary/aromatic N) is 1. The number of rotatable bonds is 3. The Morgan fingerprint density at radius 1 is 0.952 bits per heavy atom. The van der Waals surface area contributed by atoms with E-state index in [2.05, 4.69) is 4.99 Å². The van der Waals surface area contributed by atoms with Gasteiger partial charge in [0.2, 0.25) is 0 Å². The van der Waals surface area contributed by atoms with Crippen molar-refractivity contribution in [1.82, 2.24) is 0 Å². The molecule has 0 spiro atoms. The van der Waals surface area contributed by atoms with Gasteiger partial charge in [0.1, 0.15) is 0 Å². The quantitative estimate of drug-likeness (QED) is 0.660. The van der Waals surface area contributed by atoms with E-state index in [0.717, 1.165) is 11.6 Å². The van der Waals surface area contributed by atoms with E-state index < -0.39 is 11.7 Å². The lowest BCUT2D eigenvalue weighted by atomic mass is 10.1. The molecule has 21 heavy (non-hydrogen) atoms. The lowest BCUT2D eigenvalue weighted by Crippen LogP contribution is -2.05. The number of alkyl halides is 3. The molecular weight excluding hydrogens is 275 g/mol. The van der Waals surface area contributed by atoms with Crippen molar-refractivity contribution in [2.75, 3.05) is 0 Å². The molecule has 4 heteroatoms. The van der Waals surface area contributed by atoms with Crippen molar-refractivity contribution < 1.29 is 13.2 Å². The van der Waals surface area contributed by atoms with E-state index in [9.17, 15) is 13.2 Å². The zero-order chi connectivity index (χ0) is 15.3. The van der Waals surface area contributed by atoms with Crippen LogP contribution in [0.15, 0.2) is 65.7 Å². The molecule has 0 amide bonds. The van der Waals surface area contributed by atoms with Gasteiger partial charge in [-0.2, -0.15) is 13.2 Å². The van der Waals surface area contributed by atoms with Crippen molar-refractivity contribution in [3.63, 3.8) is 0 Å². The van der Waals surface area contributed by atoms with Crippen molar-refractivity contribution in [3.05, 3.63) is 71.8 Å². The first-order valence-electron chi connectivity index (χ1n) is 6.41. The Morgan fingerprint density at radius 2 is 1.57 bits per heavy atom. The number of benzene rings is 2. The van der Waals surface area contributed by atoms with Crippen LogP contribution in [-0.4, -0.2) is 5.71 Å². The van der Waals surface area contributed by atoms with Crippen molar-refractivity contribution in [2.45, 2.75) is 13.1 Å². The average Bonchev–Trinajstić information content (AvgIpc) is 2.46. The summed E-state index contributed by atoms with van der Waals surface area (Å²) < 4.78 is 38.6. The third-order valence-corrected chi connectivity index (χ3v) is 2.82. The summed E-state index contributed by atoms with van der Waals surface area (Å²) >= 11 is 0. The molecule has 0 fully saturated rings. The van der Waals surface area contributed by atoms with Crippen LogP contribution in [0.3, 0.4) is 0 Å². The molecule has 0 aromatic heterocycles. The molecule has 0 aliphatic rings. The number of aliphatic imine (C=N–C) groups is 1. The topological polar surface area (TPSA) is 12.4 Å². The Bertz CT molecular complexity index is 655. The SMILES string of the molecule is CC(/C=C/c1ccccc1)=Nc1ccccc1C(F)(F)F. The fourth-order valence-corrected chi connectivity index (χ4v) is 1.82. The zero-order valence-electron chi connectivity index (χ0n) is 11.4. The van der Waals surface area contributed by atoms with Crippen molar-refractivity contribution >= 4 is 17.5 Å². The normalized spacial score (nSPS) is 12.9. The lowest BCUT2D eigenvalue weighted by Gasteiger charge is -2.09. The summed E-state index contributed by atoms with van der Waals surface area (Å²) in [5, 5.41) is 0. The molecule has 108 valence electrons. The second kappa shape index (κ2) is 6.39. The Hall–Kier alpha value is -2.36. The van der Waals surface area contributed by atoms with Crippen LogP contribution in [0.5, 0.6) is 0 Å². The Morgan fingerprint density at radius 3 is 2.24 bits per heavy atom. The average molecular weight is 289 g/mol. The molecule has 2 rings (SSSR count). The van der Waals surface area contributed by atoms with Crippen LogP contribution >= 0.6 is 0 Å². The zero-order valence-corrected chi connectivity index (χ0v) is 11.4. The highest BCUT2D eigenvalue weighted by molar-refractivity contribution is 5.98. The molecule has 0 radical (unpaired) electrons. The number of allylic oxidation sites excluding steroid dienone is 1. The van der Waals surface area contributed by atoms with Gasteiger partial charge in [-0.25, -0.2) is 0 Å². The monoisotopic (exact) mass is 289 g/mol. The predicted octanol–water partition coefficient (Wildman–Crippen LogP) is 5.51. The van der Waals surface area contributed by atoms with Crippen LogP contribution in [0, 0.1) is 0 Å². The first-order chi connectivity index (χ1) is 9.97. The van der Waals surface area contributed by atoms with Crippen LogP contribution < -0.4 is 0 Å². The molecule has 0 bridgehead atoms. The molecule has 0 aliphatic carbocycles. The summed E-state index contributed by atoms with van der Waals surface area (Å²) in [5.74, 6) is 0. The summed E-state index contributed by atoms with van der Waals surface area (Å²) in [4.78, 5) is 4.05. The van der Waals surface area contributed by atoms with Gasteiger partial charge in [-0.05, 0) is 30.7 Å². The van der Waals surface area contributed by atoms with Gasteiger partial charge < -0.3 is 0 Å². The summed E-state index contributed by atoms with van der Waals surface area (Å²) in [7, 11) is 0. The van der Waals surface area contributed by atoms with Gasteiger partial charge >= 0.3 is 6.18 Å². The summed E-state index contributed by atoms with van der Waals surface area (Å²) in [6.07, 6.45) is -0.888. The number of halogens is 3. The fourth-order valence-electron chi connectivity index (χ4n) is 1.82. The van der Waals surface area contributed by atoms with E-state index in [1.165, 1.54) is 12.1 Å². The minimum Gasteiger partial charge on any atom is -0.253 e. The largest absolute Gasteiger partial charge is 0.418 e. The smallest absolute Gasteiger partial charge is 0.253 e. The van der Waals surface area contributed by atoms with Gasteiger partial charge in [0, 0.05) is 5.71 Å². The fraction of sp³-hybridized carbons (Fsp3) is 0.118. The van der Waals surface area contributed by atoms with Gasteiger partial charge in [-0.1, -0.05) is 48.5 Å². The summed E-state index contributed by atoms with van der Waals surface area (Å²) in [5.41, 5.74) is 0.685. The van der Waals surface area contributed by atoms with Crippen LogP contribution in [0.4, 0.5) is 18.9 Å². The van der Waals surface area contributed by atoms with E-state index in [1.807, 2.05) is 36.4 Å². The molecule has 2 aromatic rings. The van der Waals surface area contributed by atoms with Crippen molar-refractivity contribution in [2.24, 2.45) is 4.99 Å². The first kappa shape index (κ1) is 15.0. The van der Waals surface area contributed by atoms with Gasteiger partial charge in [-0.3, -0.25) is 4.99 Å². The van der Waals surface area contributed by atoms with Gasteiger partial charge in [0.05, 0.1) is 11.3 Å².